The van der Waals surface area contributed by atoms with Crippen molar-refractivity contribution in [1.82, 2.24) is 0 Å². The van der Waals surface area contributed by atoms with E-state index in [4.69, 9.17) is 11.6 Å². The summed E-state index contributed by atoms with van der Waals surface area (Å²) in [7, 11) is 0. The summed E-state index contributed by atoms with van der Waals surface area (Å²) in [6, 6.07) is 8.24. The molecule has 1 unspecified atom stereocenters. The molecule has 1 heterocycles. The van der Waals surface area contributed by atoms with Crippen LogP contribution in [-0.4, -0.2) is 18.3 Å². The number of hydrogen-bond donors (Lipinski definition) is 0. The molecule has 2 rings (SSSR count). The number of halogens is 1. The average Bonchev–Trinajstić information content (AvgIpc) is 2.38. The van der Waals surface area contributed by atoms with E-state index in [0.29, 0.717) is 18.2 Å². The number of carbonyl (C=O) groups is 1. The second-order valence-electron chi connectivity index (χ2n) is 5.09. The molecule has 2 nitrogen and oxygen atoms in total. The van der Waals surface area contributed by atoms with Gasteiger partial charge >= 0.3 is 0 Å². The molecule has 1 amide bonds. The van der Waals surface area contributed by atoms with Crippen molar-refractivity contribution in [1.29, 1.82) is 0 Å². The van der Waals surface area contributed by atoms with Crippen LogP contribution in [0.15, 0.2) is 24.3 Å². The number of carbonyl (C=O) groups excluding carboxylic acids is 1. The fraction of sp³-hybridized carbons (Fsp3) is 0.533. The first-order valence-corrected chi connectivity index (χ1v) is 7.20. The highest BCUT2D eigenvalue weighted by molar-refractivity contribution is 6.17. The number of benzene rings is 1. The Kier molecular flexibility index (Phi) is 4.65. The van der Waals surface area contributed by atoms with Crippen LogP contribution in [0.1, 0.15) is 31.7 Å². The molecule has 0 bridgehead atoms. The minimum atomic E-state index is 0.235. The van der Waals surface area contributed by atoms with Gasteiger partial charge in [-0.05, 0) is 36.8 Å². The highest BCUT2D eigenvalue weighted by atomic mass is 35.5. The number of amides is 1. The van der Waals surface area contributed by atoms with Gasteiger partial charge in [0.15, 0.2) is 0 Å². The Bertz CT molecular complexity index is 419. The Balaban J connectivity index is 2.10. The second kappa shape index (κ2) is 6.24. The molecule has 0 N–H and O–H groups in total. The van der Waals surface area contributed by atoms with Crippen LogP contribution in [0, 0.1) is 5.92 Å². The van der Waals surface area contributed by atoms with Gasteiger partial charge in [0, 0.05) is 24.5 Å². The molecule has 0 spiro atoms. The van der Waals surface area contributed by atoms with E-state index in [-0.39, 0.29) is 5.91 Å². The van der Waals surface area contributed by atoms with Gasteiger partial charge in [0.2, 0.25) is 5.91 Å². The molecule has 0 radical (unpaired) electrons. The molecule has 3 heteroatoms. The molecule has 98 valence electrons. The van der Waals surface area contributed by atoms with Gasteiger partial charge in [0.1, 0.15) is 0 Å². The molecule has 1 aliphatic heterocycles. The van der Waals surface area contributed by atoms with Crippen molar-refractivity contribution in [2.24, 2.45) is 5.92 Å². The predicted octanol–water partition coefficient (Wildman–Crippen LogP) is 3.62. The number of alkyl halides is 1. The third-order valence-electron chi connectivity index (χ3n) is 3.42. The third kappa shape index (κ3) is 3.05. The maximum Gasteiger partial charge on any atom is 0.226 e. The zero-order chi connectivity index (χ0) is 13.0. The van der Waals surface area contributed by atoms with Crippen molar-refractivity contribution >= 4 is 23.2 Å². The summed E-state index contributed by atoms with van der Waals surface area (Å²) in [6.07, 6.45) is 3.48. The van der Waals surface area contributed by atoms with Gasteiger partial charge < -0.3 is 4.90 Å². The zero-order valence-electron chi connectivity index (χ0n) is 10.9. The molecule has 0 saturated carbocycles. The monoisotopic (exact) mass is 265 g/mol. The summed E-state index contributed by atoms with van der Waals surface area (Å²) in [4.78, 5) is 14.2. The Labute approximate surface area is 114 Å². The van der Waals surface area contributed by atoms with Crippen LogP contribution < -0.4 is 4.90 Å². The molecule has 0 saturated heterocycles. The summed E-state index contributed by atoms with van der Waals surface area (Å²) in [6.45, 7) is 3.05. The molecular weight excluding hydrogens is 246 g/mol. The molecule has 0 aromatic heterocycles. The Morgan fingerprint density at radius 1 is 1.39 bits per heavy atom. The van der Waals surface area contributed by atoms with E-state index in [9.17, 15) is 4.79 Å². The first-order chi connectivity index (χ1) is 8.72. The Hall–Kier alpha value is -1.02. The van der Waals surface area contributed by atoms with Gasteiger partial charge in [0.05, 0.1) is 0 Å². The second-order valence-corrected chi connectivity index (χ2v) is 5.47. The number of para-hydroxylation sites is 1. The van der Waals surface area contributed by atoms with Crippen LogP contribution in [0.25, 0.3) is 0 Å². The number of unbranched alkanes of at least 4 members (excludes halogenated alkanes) is 1. The van der Waals surface area contributed by atoms with Crippen LogP contribution in [0.3, 0.4) is 0 Å². The first-order valence-electron chi connectivity index (χ1n) is 6.66. The van der Waals surface area contributed by atoms with Crippen LogP contribution in [0.4, 0.5) is 5.69 Å². The van der Waals surface area contributed by atoms with Crippen LogP contribution >= 0.6 is 11.6 Å². The first kappa shape index (κ1) is 13.4. The smallest absolute Gasteiger partial charge is 0.226 e. The number of fused-ring (bicyclic) bond motifs is 1. The van der Waals surface area contributed by atoms with E-state index < -0.39 is 0 Å². The molecule has 1 aliphatic rings. The van der Waals surface area contributed by atoms with Crippen molar-refractivity contribution in [3.8, 4) is 0 Å². The van der Waals surface area contributed by atoms with Gasteiger partial charge in [0.25, 0.3) is 0 Å². The minimum Gasteiger partial charge on any atom is -0.312 e. The van der Waals surface area contributed by atoms with E-state index in [1.165, 1.54) is 5.56 Å². The third-order valence-corrected chi connectivity index (χ3v) is 3.69. The number of rotatable bonds is 4. The topological polar surface area (TPSA) is 20.3 Å². The van der Waals surface area contributed by atoms with Gasteiger partial charge in [-0.1, -0.05) is 25.1 Å². The quantitative estimate of drug-likeness (QED) is 0.601. The summed E-state index contributed by atoms with van der Waals surface area (Å²) in [5.74, 6) is 1.41. The summed E-state index contributed by atoms with van der Waals surface area (Å²) in [5, 5.41) is 0. The normalized spacial score (nSPS) is 18.6. The fourth-order valence-electron chi connectivity index (χ4n) is 2.54. The Morgan fingerprint density at radius 2 is 2.17 bits per heavy atom. The maximum absolute atomic E-state index is 12.3. The zero-order valence-corrected chi connectivity index (χ0v) is 11.6. The van der Waals surface area contributed by atoms with Gasteiger partial charge in [-0.3, -0.25) is 4.79 Å². The van der Waals surface area contributed by atoms with Gasteiger partial charge in [-0.25, -0.2) is 0 Å². The van der Waals surface area contributed by atoms with Crippen molar-refractivity contribution < 1.29 is 4.79 Å². The van der Waals surface area contributed by atoms with Crippen LogP contribution in [-0.2, 0) is 11.2 Å². The average molecular weight is 266 g/mol. The lowest BCUT2D eigenvalue weighted by Gasteiger charge is -2.33. The minimum absolute atomic E-state index is 0.235. The molecule has 0 aliphatic carbocycles. The lowest BCUT2D eigenvalue weighted by Crippen LogP contribution is -2.39. The molecule has 1 aromatic rings. The largest absolute Gasteiger partial charge is 0.312 e. The van der Waals surface area contributed by atoms with Gasteiger partial charge in [-0.15, -0.1) is 11.6 Å². The van der Waals surface area contributed by atoms with E-state index in [2.05, 4.69) is 19.1 Å². The van der Waals surface area contributed by atoms with Crippen molar-refractivity contribution in [3.05, 3.63) is 29.8 Å². The Morgan fingerprint density at radius 3 is 2.94 bits per heavy atom. The standard InChI is InChI=1S/C15H20ClNO/c1-12-10-13-6-2-3-7-14(13)17(11-12)15(18)8-4-5-9-16/h2-3,6-7,12H,4-5,8-11H2,1H3. The lowest BCUT2D eigenvalue weighted by atomic mass is 9.93. The van der Waals surface area contributed by atoms with Gasteiger partial charge in [-0.2, -0.15) is 0 Å². The van der Waals surface area contributed by atoms with Crippen molar-refractivity contribution in [2.45, 2.75) is 32.6 Å². The highest BCUT2D eigenvalue weighted by Crippen LogP contribution is 2.30. The van der Waals surface area contributed by atoms with E-state index >= 15 is 0 Å². The van der Waals surface area contributed by atoms with E-state index in [1.807, 2.05) is 17.0 Å². The van der Waals surface area contributed by atoms with E-state index in [1.54, 1.807) is 0 Å². The van der Waals surface area contributed by atoms with Crippen LogP contribution in [0.2, 0.25) is 0 Å². The van der Waals surface area contributed by atoms with Crippen molar-refractivity contribution in [2.75, 3.05) is 17.3 Å². The predicted molar refractivity (Wildman–Crippen MR) is 76.2 cm³/mol. The summed E-state index contributed by atoms with van der Waals surface area (Å²) in [5.41, 5.74) is 2.40. The summed E-state index contributed by atoms with van der Waals surface area (Å²) >= 11 is 5.65. The maximum atomic E-state index is 12.3. The van der Waals surface area contributed by atoms with Crippen LogP contribution in [0.5, 0.6) is 0 Å². The lowest BCUT2D eigenvalue weighted by molar-refractivity contribution is -0.118. The number of anilines is 1. The van der Waals surface area contributed by atoms with E-state index in [0.717, 1.165) is 31.5 Å². The molecule has 18 heavy (non-hydrogen) atoms. The molecule has 0 fully saturated rings. The molecular formula is C15H20ClNO. The number of hydrogen-bond acceptors (Lipinski definition) is 1. The molecule has 1 aromatic carbocycles. The van der Waals surface area contributed by atoms with Crippen molar-refractivity contribution in [3.63, 3.8) is 0 Å². The highest BCUT2D eigenvalue weighted by Gasteiger charge is 2.25. The summed E-state index contributed by atoms with van der Waals surface area (Å²) < 4.78 is 0. The number of nitrogens with zero attached hydrogens (tertiary/aromatic N) is 1. The molecule has 1 atom stereocenters. The SMILES string of the molecule is CC1Cc2ccccc2N(C(=O)CCCCCl)C1. The fourth-order valence-corrected chi connectivity index (χ4v) is 2.73.